The quantitative estimate of drug-likeness (QED) is 0.857. The van der Waals surface area contributed by atoms with E-state index in [-0.39, 0.29) is 6.09 Å². The third-order valence-corrected chi connectivity index (χ3v) is 3.17. The first-order valence-electron chi connectivity index (χ1n) is 6.44. The average Bonchev–Trinajstić information content (AvgIpc) is 2.81. The van der Waals surface area contributed by atoms with Crippen LogP contribution in [0.15, 0.2) is 30.3 Å². The summed E-state index contributed by atoms with van der Waals surface area (Å²) >= 11 is 0. The average molecular weight is 248 g/mol. The van der Waals surface area contributed by atoms with Gasteiger partial charge < -0.3 is 15.4 Å². The summed E-state index contributed by atoms with van der Waals surface area (Å²) in [6.07, 6.45) is 1.94. The van der Waals surface area contributed by atoms with Gasteiger partial charge in [-0.25, -0.2) is 4.79 Å². The van der Waals surface area contributed by atoms with E-state index in [0.717, 1.165) is 12.0 Å². The van der Waals surface area contributed by atoms with Gasteiger partial charge in [0.25, 0.3) is 0 Å². The van der Waals surface area contributed by atoms with E-state index in [1.807, 2.05) is 30.3 Å². The Morgan fingerprint density at radius 1 is 1.39 bits per heavy atom. The highest BCUT2D eigenvalue weighted by atomic mass is 16.5. The van der Waals surface area contributed by atoms with Gasteiger partial charge in [0.1, 0.15) is 6.61 Å². The molecule has 1 aromatic carbocycles. The van der Waals surface area contributed by atoms with Crippen molar-refractivity contribution in [2.75, 3.05) is 6.54 Å². The van der Waals surface area contributed by atoms with Crippen molar-refractivity contribution in [3.63, 3.8) is 0 Å². The fraction of sp³-hybridized carbons (Fsp3) is 0.500. The second kappa shape index (κ2) is 6.40. The monoisotopic (exact) mass is 248 g/mol. The van der Waals surface area contributed by atoms with E-state index in [9.17, 15) is 4.79 Å². The van der Waals surface area contributed by atoms with Crippen molar-refractivity contribution in [3.05, 3.63) is 35.9 Å². The van der Waals surface area contributed by atoms with Gasteiger partial charge in [0.2, 0.25) is 0 Å². The third kappa shape index (κ3) is 4.04. The smallest absolute Gasteiger partial charge is 0.407 e. The Bertz CT molecular complexity index is 381. The van der Waals surface area contributed by atoms with Crippen LogP contribution in [-0.4, -0.2) is 24.7 Å². The lowest BCUT2D eigenvalue weighted by atomic mass is 10.2. The van der Waals surface area contributed by atoms with Gasteiger partial charge in [-0.3, -0.25) is 0 Å². The van der Waals surface area contributed by atoms with E-state index in [0.29, 0.717) is 25.2 Å². The van der Waals surface area contributed by atoms with E-state index >= 15 is 0 Å². The van der Waals surface area contributed by atoms with Crippen LogP contribution in [-0.2, 0) is 11.3 Å². The largest absolute Gasteiger partial charge is 0.445 e. The van der Waals surface area contributed by atoms with Gasteiger partial charge in [0.15, 0.2) is 0 Å². The summed E-state index contributed by atoms with van der Waals surface area (Å²) in [5.74, 6) is 0. The summed E-state index contributed by atoms with van der Waals surface area (Å²) in [4.78, 5) is 11.5. The molecular weight excluding hydrogens is 228 g/mol. The Kier molecular flexibility index (Phi) is 4.59. The zero-order chi connectivity index (χ0) is 12.8. The first-order valence-corrected chi connectivity index (χ1v) is 6.44. The van der Waals surface area contributed by atoms with Crippen LogP contribution in [0.3, 0.4) is 0 Å². The minimum Gasteiger partial charge on any atom is -0.445 e. The van der Waals surface area contributed by atoms with Crippen molar-refractivity contribution in [3.8, 4) is 0 Å². The first kappa shape index (κ1) is 12.9. The molecule has 0 unspecified atom stereocenters. The van der Waals surface area contributed by atoms with Crippen LogP contribution in [0.4, 0.5) is 4.79 Å². The summed E-state index contributed by atoms with van der Waals surface area (Å²) in [5, 5.41) is 6.20. The van der Waals surface area contributed by atoms with Crippen molar-refractivity contribution < 1.29 is 9.53 Å². The zero-order valence-corrected chi connectivity index (χ0v) is 10.7. The lowest BCUT2D eigenvalue weighted by molar-refractivity contribution is 0.138. The second-order valence-electron chi connectivity index (χ2n) is 4.78. The predicted molar refractivity (Wildman–Crippen MR) is 70.2 cm³/mol. The Morgan fingerprint density at radius 3 is 2.83 bits per heavy atom. The van der Waals surface area contributed by atoms with Gasteiger partial charge in [-0.1, -0.05) is 30.3 Å². The van der Waals surface area contributed by atoms with E-state index < -0.39 is 0 Å². The summed E-state index contributed by atoms with van der Waals surface area (Å²) in [6.45, 7) is 3.12. The Hall–Kier alpha value is -1.55. The summed E-state index contributed by atoms with van der Waals surface area (Å²) in [5.41, 5.74) is 1.00. The molecule has 1 saturated heterocycles. The molecule has 4 nitrogen and oxygen atoms in total. The summed E-state index contributed by atoms with van der Waals surface area (Å²) < 4.78 is 5.14. The highest BCUT2D eigenvalue weighted by Crippen LogP contribution is 2.10. The highest BCUT2D eigenvalue weighted by molar-refractivity contribution is 5.67. The van der Waals surface area contributed by atoms with Crippen LogP contribution in [0.5, 0.6) is 0 Å². The van der Waals surface area contributed by atoms with E-state index in [1.165, 1.54) is 6.42 Å². The maximum absolute atomic E-state index is 11.5. The van der Waals surface area contributed by atoms with Crippen LogP contribution in [0.25, 0.3) is 0 Å². The maximum atomic E-state index is 11.5. The van der Waals surface area contributed by atoms with Crippen molar-refractivity contribution in [2.24, 2.45) is 0 Å². The molecule has 1 aliphatic heterocycles. The molecule has 4 heteroatoms. The molecule has 0 saturated carbocycles. The fourth-order valence-electron chi connectivity index (χ4n) is 2.16. The van der Waals surface area contributed by atoms with Crippen LogP contribution in [0.2, 0.25) is 0 Å². The third-order valence-electron chi connectivity index (χ3n) is 3.17. The molecule has 18 heavy (non-hydrogen) atoms. The van der Waals surface area contributed by atoms with Gasteiger partial charge in [-0.15, -0.1) is 0 Å². The van der Waals surface area contributed by atoms with E-state index in [1.54, 1.807) is 0 Å². The number of hydrogen-bond acceptors (Lipinski definition) is 3. The number of rotatable bonds is 4. The maximum Gasteiger partial charge on any atom is 0.407 e. The van der Waals surface area contributed by atoms with Gasteiger partial charge >= 0.3 is 6.09 Å². The van der Waals surface area contributed by atoms with Crippen molar-refractivity contribution in [1.82, 2.24) is 10.6 Å². The van der Waals surface area contributed by atoms with Gasteiger partial charge in [-0.05, 0) is 25.3 Å². The molecule has 98 valence electrons. The Morgan fingerprint density at radius 2 is 2.17 bits per heavy atom. The first-order chi connectivity index (χ1) is 8.74. The molecule has 2 atom stereocenters. The molecule has 0 aromatic heterocycles. The van der Waals surface area contributed by atoms with Crippen LogP contribution < -0.4 is 10.6 Å². The number of carbonyl (C=O) groups is 1. The van der Waals surface area contributed by atoms with Crippen molar-refractivity contribution >= 4 is 6.09 Å². The minimum atomic E-state index is -0.347. The van der Waals surface area contributed by atoms with Crippen molar-refractivity contribution in [2.45, 2.75) is 38.5 Å². The molecule has 1 amide bonds. The molecule has 1 aliphatic rings. The van der Waals surface area contributed by atoms with Crippen LogP contribution in [0, 0.1) is 0 Å². The lowest BCUT2D eigenvalue weighted by Crippen LogP contribution is -2.39. The number of ether oxygens (including phenoxy) is 1. The Balaban J connectivity index is 1.63. The number of benzene rings is 1. The number of amides is 1. The molecular formula is C14H20N2O2. The number of nitrogens with one attached hydrogen (secondary N) is 2. The highest BCUT2D eigenvalue weighted by Gasteiger charge is 2.20. The molecule has 0 aliphatic carbocycles. The predicted octanol–water partition coefficient (Wildman–Crippen LogP) is 2.05. The molecule has 2 rings (SSSR count). The minimum absolute atomic E-state index is 0.321. The normalized spacial score (nSPS) is 22.7. The van der Waals surface area contributed by atoms with Crippen LogP contribution in [0.1, 0.15) is 25.3 Å². The topological polar surface area (TPSA) is 50.4 Å². The summed E-state index contributed by atoms with van der Waals surface area (Å²) in [6, 6.07) is 10.6. The second-order valence-corrected chi connectivity index (χ2v) is 4.78. The van der Waals surface area contributed by atoms with Crippen molar-refractivity contribution in [1.29, 1.82) is 0 Å². The Labute approximate surface area is 108 Å². The molecule has 0 bridgehead atoms. The number of alkyl carbamates (subject to hydrolysis) is 1. The van der Waals surface area contributed by atoms with E-state index in [2.05, 4.69) is 17.6 Å². The standard InChI is InChI=1S/C14H20N2O2/c1-11-7-8-13(16-11)9-15-14(17)18-10-12-5-3-2-4-6-12/h2-6,11,13,16H,7-10H2,1H3,(H,15,17)/t11-,13-/m0/s1. The molecule has 1 fully saturated rings. The van der Waals surface area contributed by atoms with Crippen LogP contribution >= 0.6 is 0 Å². The molecule has 2 N–H and O–H groups in total. The molecule has 1 heterocycles. The molecule has 0 spiro atoms. The molecule has 1 aromatic rings. The summed E-state index contributed by atoms with van der Waals surface area (Å²) in [7, 11) is 0. The van der Waals surface area contributed by atoms with Gasteiger partial charge in [-0.2, -0.15) is 0 Å². The van der Waals surface area contributed by atoms with E-state index in [4.69, 9.17) is 4.74 Å². The molecule has 0 radical (unpaired) electrons. The zero-order valence-electron chi connectivity index (χ0n) is 10.7. The number of hydrogen-bond donors (Lipinski definition) is 2. The van der Waals surface area contributed by atoms with Gasteiger partial charge in [0, 0.05) is 18.6 Å². The SMILES string of the molecule is C[C@H]1CC[C@@H](CNC(=O)OCc2ccccc2)N1. The fourth-order valence-corrected chi connectivity index (χ4v) is 2.16. The number of carbonyl (C=O) groups excluding carboxylic acids is 1. The van der Waals surface area contributed by atoms with Gasteiger partial charge in [0.05, 0.1) is 0 Å². The lowest BCUT2D eigenvalue weighted by Gasteiger charge is -2.13.